The average molecular weight is 437 g/mol. The van der Waals surface area contributed by atoms with Gasteiger partial charge in [-0.25, -0.2) is 9.69 Å². The maximum Gasteiger partial charge on any atom is 0.416 e. The molecule has 0 spiro atoms. The Morgan fingerprint density at radius 3 is 2.38 bits per heavy atom. The zero-order valence-corrected chi connectivity index (χ0v) is 19.3. The number of imide groups is 1. The van der Waals surface area contributed by atoms with Crippen LogP contribution in [-0.4, -0.2) is 60.2 Å². The Labute approximate surface area is 190 Å². The molecule has 2 saturated heterocycles. The number of nitrogens with zero attached hydrogens (tertiary/aromatic N) is 2. The van der Waals surface area contributed by atoms with E-state index >= 15 is 0 Å². The van der Waals surface area contributed by atoms with Gasteiger partial charge >= 0.3 is 6.09 Å². The normalized spacial score (nSPS) is 23.9. The number of hydrogen-bond donors (Lipinski definition) is 0. The standard InChI is InChI=1S/C26H32N2O4/c1-26(2,3)27-15-22(19-10-12-21(31-4)13-11-19)23(16-27)24(29)28-20(17-32-25(28)30)14-18-8-6-5-7-9-18/h5-13,20,22-23H,14-17H2,1-4H3/t20-,22?,23?/m0/s1. The lowest BCUT2D eigenvalue weighted by molar-refractivity contribution is -0.133. The van der Waals surface area contributed by atoms with Crippen LogP contribution in [0.1, 0.15) is 37.8 Å². The highest BCUT2D eigenvalue weighted by atomic mass is 16.6. The number of carbonyl (C=O) groups excluding carboxylic acids is 2. The minimum absolute atomic E-state index is 0.00148. The molecule has 0 bridgehead atoms. The van der Waals surface area contributed by atoms with Gasteiger partial charge in [0.1, 0.15) is 12.4 Å². The highest BCUT2D eigenvalue weighted by molar-refractivity contribution is 5.95. The molecule has 2 fully saturated rings. The van der Waals surface area contributed by atoms with Crippen LogP contribution in [0.5, 0.6) is 5.75 Å². The summed E-state index contributed by atoms with van der Waals surface area (Å²) in [6, 6.07) is 17.6. The van der Waals surface area contributed by atoms with Gasteiger partial charge in [-0.2, -0.15) is 0 Å². The average Bonchev–Trinajstić information content (AvgIpc) is 3.38. The van der Waals surface area contributed by atoms with Gasteiger partial charge in [0.05, 0.1) is 19.1 Å². The summed E-state index contributed by atoms with van der Waals surface area (Å²) in [4.78, 5) is 30.1. The van der Waals surface area contributed by atoms with Gasteiger partial charge in [-0.15, -0.1) is 0 Å². The first-order valence-electron chi connectivity index (χ1n) is 11.2. The maximum atomic E-state index is 13.8. The summed E-state index contributed by atoms with van der Waals surface area (Å²) in [5, 5.41) is 0. The predicted molar refractivity (Wildman–Crippen MR) is 123 cm³/mol. The number of amides is 2. The van der Waals surface area contributed by atoms with E-state index in [2.05, 4.69) is 25.7 Å². The van der Waals surface area contributed by atoms with Crippen molar-refractivity contribution >= 4 is 12.0 Å². The number of likely N-dealkylation sites (tertiary alicyclic amines) is 1. The molecule has 32 heavy (non-hydrogen) atoms. The summed E-state index contributed by atoms with van der Waals surface area (Å²) < 4.78 is 10.6. The van der Waals surface area contributed by atoms with E-state index in [1.807, 2.05) is 54.6 Å². The number of ether oxygens (including phenoxy) is 2. The fourth-order valence-electron chi connectivity index (χ4n) is 4.74. The first kappa shape index (κ1) is 22.3. The van der Waals surface area contributed by atoms with Crippen LogP contribution in [-0.2, 0) is 16.0 Å². The number of rotatable bonds is 5. The number of cyclic esters (lactones) is 1. The third-order valence-corrected chi connectivity index (χ3v) is 6.64. The van der Waals surface area contributed by atoms with Crippen LogP contribution in [0.25, 0.3) is 0 Å². The fraction of sp³-hybridized carbons (Fsp3) is 0.462. The van der Waals surface area contributed by atoms with Crippen molar-refractivity contribution < 1.29 is 19.1 Å². The molecule has 0 aromatic heterocycles. The Bertz CT molecular complexity index is 952. The van der Waals surface area contributed by atoms with Crippen molar-refractivity contribution in [2.75, 3.05) is 26.8 Å². The van der Waals surface area contributed by atoms with Gasteiger partial charge in [0, 0.05) is 24.5 Å². The summed E-state index contributed by atoms with van der Waals surface area (Å²) in [6.07, 6.45) is 0.0694. The summed E-state index contributed by atoms with van der Waals surface area (Å²) in [6.45, 7) is 8.09. The van der Waals surface area contributed by atoms with E-state index in [1.54, 1.807) is 7.11 Å². The molecule has 0 radical (unpaired) electrons. The van der Waals surface area contributed by atoms with Gasteiger partial charge in [-0.05, 0) is 50.5 Å². The smallest absolute Gasteiger partial charge is 0.416 e. The molecule has 2 heterocycles. The van der Waals surface area contributed by atoms with Crippen molar-refractivity contribution in [2.45, 2.75) is 44.7 Å². The van der Waals surface area contributed by atoms with Crippen LogP contribution in [0.2, 0.25) is 0 Å². The Morgan fingerprint density at radius 1 is 1.06 bits per heavy atom. The molecule has 2 amide bonds. The zero-order chi connectivity index (χ0) is 22.9. The van der Waals surface area contributed by atoms with E-state index < -0.39 is 6.09 Å². The van der Waals surface area contributed by atoms with E-state index in [1.165, 1.54) is 4.90 Å². The highest BCUT2D eigenvalue weighted by Crippen LogP contribution is 2.38. The molecule has 2 aliphatic rings. The lowest BCUT2D eigenvalue weighted by Gasteiger charge is -2.32. The van der Waals surface area contributed by atoms with Crippen LogP contribution in [0.15, 0.2) is 54.6 Å². The zero-order valence-electron chi connectivity index (χ0n) is 19.3. The molecule has 6 heteroatoms. The molecule has 2 aromatic rings. The number of benzene rings is 2. The predicted octanol–water partition coefficient (Wildman–Crippen LogP) is 4.10. The molecule has 4 rings (SSSR count). The van der Waals surface area contributed by atoms with Crippen molar-refractivity contribution in [1.29, 1.82) is 0 Å². The van der Waals surface area contributed by atoms with Crippen LogP contribution < -0.4 is 4.74 Å². The summed E-state index contributed by atoms with van der Waals surface area (Å²) in [7, 11) is 1.64. The third kappa shape index (κ3) is 4.51. The number of methoxy groups -OCH3 is 1. The molecule has 0 N–H and O–H groups in total. The van der Waals surface area contributed by atoms with Gasteiger partial charge in [0.15, 0.2) is 0 Å². The van der Waals surface area contributed by atoms with Gasteiger partial charge in [-0.3, -0.25) is 9.69 Å². The molecule has 2 aromatic carbocycles. The molecule has 170 valence electrons. The van der Waals surface area contributed by atoms with E-state index in [0.29, 0.717) is 13.0 Å². The Hall–Kier alpha value is -2.86. The van der Waals surface area contributed by atoms with Crippen LogP contribution in [0.4, 0.5) is 4.79 Å². The summed E-state index contributed by atoms with van der Waals surface area (Å²) in [5.74, 6) is 0.333. The van der Waals surface area contributed by atoms with Gasteiger partial charge in [0.2, 0.25) is 5.91 Å². The molecule has 3 atom stereocenters. The van der Waals surface area contributed by atoms with Crippen molar-refractivity contribution in [3.05, 3.63) is 65.7 Å². The lowest BCUT2D eigenvalue weighted by Crippen LogP contribution is -2.46. The molecule has 0 saturated carbocycles. The van der Waals surface area contributed by atoms with Gasteiger partial charge < -0.3 is 9.47 Å². The summed E-state index contributed by atoms with van der Waals surface area (Å²) in [5.41, 5.74) is 2.10. The molecule has 2 aliphatic heterocycles. The Balaban J connectivity index is 1.61. The minimum Gasteiger partial charge on any atom is -0.497 e. The SMILES string of the molecule is COc1ccc(C2CN(C(C)(C)C)CC2C(=O)N2C(=O)OC[C@@H]2Cc2ccccc2)cc1. The Morgan fingerprint density at radius 2 is 1.75 bits per heavy atom. The van der Waals surface area contributed by atoms with Crippen molar-refractivity contribution in [3.63, 3.8) is 0 Å². The highest BCUT2D eigenvalue weighted by Gasteiger charge is 2.48. The number of hydrogen-bond acceptors (Lipinski definition) is 5. The van der Waals surface area contributed by atoms with Gasteiger partial charge in [0.25, 0.3) is 0 Å². The van der Waals surface area contributed by atoms with E-state index in [4.69, 9.17) is 9.47 Å². The molecule has 0 aliphatic carbocycles. The largest absolute Gasteiger partial charge is 0.497 e. The van der Waals surface area contributed by atoms with E-state index in [-0.39, 0.29) is 35.9 Å². The second-order valence-electron chi connectivity index (χ2n) is 9.69. The van der Waals surface area contributed by atoms with Crippen molar-refractivity contribution in [3.8, 4) is 5.75 Å². The van der Waals surface area contributed by atoms with E-state index in [9.17, 15) is 9.59 Å². The molecular weight excluding hydrogens is 404 g/mol. The Kier molecular flexibility index (Phi) is 6.24. The fourth-order valence-corrected chi connectivity index (χ4v) is 4.74. The van der Waals surface area contributed by atoms with Crippen LogP contribution in [0.3, 0.4) is 0 Å². The topological polar surface area (TPSA) is 59.1 Å². The molecule has 6 nitrogen and oxygen atoms in total. The second-order valence-corrected chi connectivity index (χ2v) is 9.69. The summed E-state index contributed by atoms with van der Waals surface area (Å²) >= 11 is 0. The maximum absolute atomic E-state index is 13.8. The molecule has 2 unspecified atom stereocenters. The second kappa shape index (κ2) is 8.94. The lowest BCUT2D eigenvalue weighted by atomic mass is 9.87. The first-order chi connectivity index (χ1) is 15.3. The first-order valence-corrected chi connectivity index (χ1v) is 11.2. The monoisotopic (exact) mass is 436 g/mol. The van der Waals surface area contributed by atoms with Crippen LogP contribution >= 0.6 is 0 Å². The quantitative estimate of drug-likeness (QED) is 0.706. The third-order valence-electron chi connectivity index (χ3n) is 6.64. The minimum atomic E-state index is -0.529. The van der Waals surface area contributed by atoms with Gasteiger partial charge in [-0.1, -0.05) is 42.5 Å². The van der Waals surface area contributed by atoms with E-state index in [0.717, 1.165) is 23.4 Å². The van der Waals surface area contributed by atoms with Crippen molar-refractivity contribution in [1.82, 2.24) is 9.80 Å². The van der Waals surface area contributed by atoms with Crippen LogP contribution in [0, 0.1) is 5.92 Å². The van der Waals surface area contributed by atoms with Crippen molar-refractivity contribution in [2.24, 2.45) is 5.92 Å². The number of carbonyl (C=O) groups is 2. The molecular formula is C26H32N2O4.